The van der Waals surface area contributed by atoms with Crippen LogP contribution in [0.1, 0.15) is 32.4 Å². The molecule has 0 aliphatic heterocycles. The molecular formula is C11H21N3S. The minimum Gasteiger partial charge on any atom is -0.375 e. The number of hydrogen-bond acceptors (Lipinski definition) is 4. The summed E-state index contributed by atoms with van der Waals surface area (Å²) in [6.07, 6.45) is 3.43. The van der Waals surface area contributed by atoms with Crippen molar-refractivity contribution in [2.75, 3.05) is 19.3 Å². The summed E-state index contributed by atoms with van der Waals surface area (Å²) in [4.78, 5) is 6.68. The highest BCUT2D eigenvalue weighted by Crippen LogP contribution is 2.13. The van der Waals surface area contributed by atoms with Crippen LogP contribution in [0.5, 0.6) is 0 Å². The van der Waals surface area contributed by atoms with Crippen molar-refractivity contribution in [3.63, 3.8) is 0 Å². The van der Waals surface area contributed by atoms with Gasteiger partial charge < -0.3 is 10.6 Å². The average Bonchev–Trinajstić information content (AvgIpc) is 2.63. The molecule has 0 saturated heterocycles. The Bertz CT molecular complexity index is 281. The van der Waals surface area contributed by atoms with Gasteiger partial charge in [-0.3, -0.25) is 0 Å². The Hall–Kier alpha value is -0.610. The SMILES string of the molecule is CCC(CC)N(C)CCc1csc(N)n1. The number of rotatable bonds is 6. The molecule has 1 aromatic heterocycles. The zero-order chi connectivity index (χ0) is 11.3. The van der Waals surface area contributed by atoms with Gasteiger partial charge in [-0.2, -0.15) is 0 Å². The summed E-state index contributed by atoms with van der Waals surface area (Å²) < 4.78 is 0. The molecule has 0 aliphatic rings. The predicted octanol–water partition coefficient (Wildman–Crippen LogP) is 2.39. The van der Waals surface area contributed by atoms with Crippen LogP contribution < -0.4 is 5.73 Å². The lowest BCUT2D eigenvalue weighted by molar-refractivity contribution is 0.232. The first-order chi connectivity index (χ1) is 7.17. The second-order valence-corrected chi connectivity index (χ2v) is 4.77. The molecule has 4 heteroatoms. The van der Waals surface area contributed by atoms with E-state index in [0.717, 1.165) is 18.7 Å². The Balaban J connectivity index is 2.36. The Kier molecular flexibility index (Phi) is 5.05. The molecule has 0 spiro atoms. The van der Waals surface area contributed by atoms with E-state index in [4.69, 9.17) is 5.73 Å². The van der Waals surface area contributed by atoms with Crippen LogP contribution in [-0.2, 0) is 6.42 Å². The number of nitrogens with zero attached hydrogens (tertiary/aromatic N) is 2. The molecule has 0 radical (unpaired) electrons. The summed E-state index contributed by atoms with van der Waals surface area (Å²) in [6, 6.07) is 0.695. The number of hydrogen-bond donors (Lipinski definition) is 1. The molecule has 0 unspecified atom stereocenters. The third kappa shape index (κ3) is 3.80. The molecule has 3 nitrogen and oxygen atoms in total. The van der Waals surface area contributed by atoms with Crippen LogP contribution in [0.4, 0.5) is 5.13 Å². The number of aromatic nitrogens is 1. The van der Waals surface area contributed by atoms with E-state index in [9.17, 15) is 0 Å². The molecule has 0 aliphatic carbocycles. The first kappa shape index (κ1) is 12.5. The molecule has 15 heavy (non-hydrogen) atoms. The molecule has 0 bridgehead atoms. The van der Waals surface area contributed by atoms with Gasteiger partial charge in [0.2, 0.25) is 0 Å². The third-order valence-electron chi connectivity index (χ3n) is 2.86. The highest BCUT2D eigenvalue weighted by molar-refractivity contribution is 7.13. The van der Waals surface area contributed by atoms with Gasteiger partial charge >= 0.3 is 0 Å². The second-order valence-electron chi connectivity index (χ2n) is 3.88. The number of anilines is 1. The van der Waals surface area contributed by atoms with Gasteiger partial charge in [-0.25, -0.2) is 4.98 Å². The molecule has 0 fully saturated rings. The van der Waals surface area contributed by atoms with Crippen molar-refractivity contribution in [2.45, 2.75) is 39.2 Å². The molecule has 0 atom stereocenters. The van der Waals surface area contributed by atoms with Crippen molar-refractivity contribution in [3.05, 3.63) is 11.1 Å². The first-order valence-electron chi connectivity index (χ1n) is 5.57. The van der Waals surface area contributed by atoms with Crippen LogP contribution in [0.2, 0.25) is 0 Å². The highest BCUT2D eigenvalue weighted by atomic mass is 32.1. The smallest absolute Gasteiger partial charge is 0.180 e. The van der Waals surface area contributed by atoms with E-state index in [0.29, 0.717) is 11.2 Å². The van der Waals surface area contributed by atoms with Gasteiger partial charge in [0, 0.05) is 24.4 Å². The summed E-state index contributed by atoms with van der Waals surface area (Å²) in [5.74, 6) is 0. The molecule has 0 aromatic carbocycles. The topological polar surface area (TPSA) is 42.1 Å². The van der Waals surface area contributed by atoms with Crippen molar-refractivity contribution >= 4 is 16.5 Å². The minimum absolute atomic E-state index is 0.676. The van der Waals surface area contributed by atoms with Crippen molar-refractivity contribution in [1.29, 1.82) is 0 Å². The fraction of sp³-hybridized carbons (Fsp3) is 0.727. The Labute approximate surface area is 96.3 Å². The fourth-order valence-corrected chi connectivity index (χ4v) is 2.42. The van der Waals surface area contributed by atoms with Crippen LogP contribution >= 0.6 is 11.3 Å². The van der Waals surface area contributed by atoms with Gasteiger partial charge in [0.15, 0.2) is 5.13 Å². The molecule has 0 saturated carbocycles. The van der Waals surface area contributed by atoms with Crippen molar-refractivity contribution < 1.29 is 0 Å². The summed E-state index contributed by atoms with van der Waals surface area (Å²) in [5.41, 5.74) is 6.71. The van der Waals surface area contributed by atoms with Gasteiger partial charge in [0.1, 0.15) is 0 Å². The monoisotopic (exact) mass is 227 g/mol. The Morgan fingerprint density at radius 1 is 1.47 bits per heavy atom. The van der Waals surface area contributed by atoms with Gasteiger partial charge in [0.05, 0.1) is 5.69 Å². The Morgan fingerprint density at radius 2 is 2.13 bits per heavy atom. The minimum atomic E-state index is 0.676. The lowest BCUT2D eigenvalue weighted by Crippen LogP contribution is -2.32. The maximum Gasteiger partial charge on any atom is 0.180 e. The number of nitrogen functional groups attached to an aromatic ring is 1. The van der Waals surface area contributed by atoms with Crippen LogP contribution in [0.15, 0.2) is 5.38 Å². The summed E-state index contributed by atoms with van der Waals surface area (Å²) in [7, 11) is 2.19. The van der Waals surface area contributed by atoms with Crippen molar-refractivity contribution in [2.24, 2.45) is 0 Å². The summed E-state index contributed by atoms with van der Waals surface area (Å²) >= 11 is 1.52. The van der Waals surface area contributed by atoms with E-state index in [2.05, 4.69) is 36.2 Å². The zero-order valence-corrected chi connectivity index (χ0v) is 10.7. The molecular weight excluding hydrogens is 206 g/mol. The number of likely N-dealkylation sites (N-methyl/N-ethyl adjacent to an activating group) is 1. The third-order valence-corrected chi connectivity index (χ3v) is 3.58. The number of nitrogens with two attached hydrogens (primary N) is 1. The molecule has 2 N–H and O–H groups in total. The van der Waals surface area contributed by atoms with Crippen LogP contribution in [0.25, 0.3) is 0 Å². The highest BCUT2D eigenvalue weighted by Gasteiger charge is 2.10. The van der Waals surface area contributed by atoms with Crippen LogP contribution in [0, 0.1) is 0 Å². The molecule has 1 heterocycles. The average molecular weight is 227 g/mol. The van der Waals surface area contributed by atoms with Crippen molar-refractivity contribution in [3.8, 4) is 0 Å². The van der Waals surface area contributed by atoms with Gasteiger partial charge in [0.25, 0.3) is 0 Å². The largest absolute Gasteiger partial charge is 0.375 e. The normalized spacial score (nSPS) is 11.5. The standard InChI is InChI=1S/C11H21N3S/c1-4-10(5-2)14(3)7-6-9-8-15-11(12)13-9/h8,10H,4-7H2,1-3H3,(H2,12,13). The maximum atomic E-state index is 5.59. The van der Waals surface area contributed by atoms with Gasteiger partial charge in [-0.15, -0.1) is 11.3 Å². The lowest BCUT2D eigenvalue weighted by Gasteiger charge is -2.25. The summed E-state index contributed by atoms with van der Waals surface area (Å²) in [5, 5.41) is 2.73. The number of thiazole rings is 1. The first-order valence-corrected chi connectivity index (χ1v) is 6.45. The van der Waals surface area contributed by atoms with Crippen LogP contribution in [-0.4, -0.2) is 29.5 Å². The molecule has 86 valence electrons. The molecule has 1 aromatic rings. The summed E-state index contributed by atoms with van der Waals surface area (Å²) in [6.45, 7) is 5.55. The van der Waals surface area contributed by atoms with Gasteiger partial charge in [-0.05, 0) is 19.9 Å². The van der Waals surface area contributed by atoms with E-state index in [1.807, 2.05) is 0 Å². The van der Waals surface area contributed by atoms with E-state index < -0.39 is 0 Å². The maximum absolute atomic E-state index is 5.59. The van der Waals surface area contributed by atoms with Gasteiger partial charge in [-0.1, -0.05) is 13.8 Å². The fourth-order valence-electron chi connectivity index (χ4n) is 1.82. The van der Waals surface area contributed by atoms with E-state index in [-0.39, 0.29) is 0 Å². The van der Waals surface area contributed by atoms with E-state index in [1.54, 1.807) is 0 Å². The lowest BCUT2D eigenvalue weighted by atomic mass is 10.1. The molecule has 1 rings (SSSR count). The zero-order valence-electron chi connectivity index (χ0n) is 9.86. The van der Waals surface area contributed by atoms with E-state index >= 15 is 0 Å². The predicted molar refractivity (Wildman–Crippen MR) is 67.2 cm³/mol. The van der Waals surface area contributed by atoms with Crippen molar-refractivity contribution in [1.82, 2.24) is 9.88 Å². The Morgan fingerprint density at radius 3 is 2.60 bits per heavy atom. The quantitative estimate of drug-likeness (QED) is 0.811. The second kappa shape index (κ2) is 6.08. The van der Waals surface area contributed by atoms with E-state index in [1.165, 1.54) is 24.2 Å². The van der Waals surface area contributed by atoms with Crippen LogP contribution in [0.3, 0.4) is 0 Å². The molecule has 0 amide bonds.